The molecule has 0 radical (unpaired) electrons. The molecule has 0 aliphatic rings. The second-order valence-electron chi connectivity index (χ2n) is 5.70. The summed E-state index contributed by atoms with van der Waals surface area (Å²) in [5.74, 6) is -0.356. The molecule has 0 heterocycles. The highest BCUT2D eigenvalue weighted by molar-refractivity contribution is 5.66. The minimum absolute atomic E-state index is 0.115. The second kappa shape index (κ2) is 10.4. The molecule has 0 unspecified atom stereocenters. The van der Waals surface area contributed by atoms with Crippen LogP contribution in [-0.4, -0.2) is 30.6 Å². The first-order chi connectivity index (χ1) is 13.5. The minimum Gasteiger partial charge on any atom is -0.464 e. The highest BCUT2D eigenvalue weighted by Gasteiger charge is 2.11. The van der Waals surface area contributed by atoms with E-state index in [-0.39, 0.29) is 24.0 Å². The van der Waals surface area contributed by atoms with Gasteiger partial charge in [0.25, 0.3) is 5.69 Å². The lowest BCUT2D eigenvalue weighted by molar-refractivity contribution is -0.384. The maximum absolute atomic E-state index is 11.0. The number of nitro benzene ring substituents is 1. The average molecular weight is 381 g/mol. The van der Waals surface area contributed by atoms with Gasteiger partial charge in [0.1, 0.15) is 6.61 Å². The summed E-state index contributed by atoms with van der Waals surface area (Å²) in [5, 5.41) is 27.8. The fourth-order valence-corrected chi connectivity index (χ4v) is 2.40. The van der Waals surface area contributed by atoms with Crippen LogP contribution in [0.15, 0.2) is 58.8 Å². The number of hydrogen-bond donors (Lipinski definition) is 0. The van der Waals surface area contributed by atoms with Crippen molar-refractivity contribution in [2.24, 2.45) is 10.2 Å². The van der Waals surface area contributed by atoms with E-state index in [1.807, 2.05) is 4.90 Å². The lowest BCUT2D eigenvalue weighted by Gasteiger charge is -2.23. The molecule has 0 aromatic heterocycles. The third-order valence-corrected chi connectivity index (χ3v) is 3.73. The molecule has 2 rings (SSSR count). The quantitative estimate of drug-likeness (QED) is 0.276. The van der Waals surface area contributed by atoms with E-state index < -0.39 is 4.92 Å². The molecule has 9 heteroatoms. The number of nitrogens with zero attached hydrogens (tertiary/aromatic N) is 5. The number of carbonyl (C=O) groups is 1. The minimum atomic E-state index is -0.506. The first-order valence-corrected chi connectivity index (χ1v) is 8.51. The normalized spacial score (nSPS) is 10.4. The zero-order valence-corrected chi connectivity index (χ0v) is 15.3. The van der Waals surface area contributed by atoms with Crippen molar-refractivity contribution in [2.75, 3.05) is 24.6 Å². The highest BCUT2D eigenvalue weighted by atomic mass is 16.6. The van der Waals surface area contributed by atoms with E-state index in [2.05, 4.69) is 16.3 Å². The number of ether oxygens (including phenoxy) is 1. The molecule has 0 amide bonds. The predicted molar refractivity (Wildman–Crippen MR) is 103 cm³/mol. The molecule has 0 atom stereocenters. The Morgan fingerprint density at radius 3 is 2.54 bits per heavy atom. The zero-order valence-electron chi connectivity index (χ0n) is 15.3. The van der Waals surface area contributed by atoms with Crippen molar-refractivity contribution < 1.29 is 14.5 Å². The van der Waals surface area contributed by atoms with Crippen LogP contribution in [0, 0.1) is 21.4 Å². The molecule has 0 N–H and O–H groups in total. The van der Waals surface area contributed by atoms with Crippen LogP contribution in [0.2, 0.25) is 0 Å². The van der Waals surface area contributed by atoms with Crippen molar-refractivity contribution in [3.05, 3.63) is 58.6 Å². The van der Waals surface area contributed by atoms with Crippen molar-refractivity contribution in [2.45, 2.75) is 13.3 Å². The van der Waals surface area contributed by atoms with E-state index >= 15 is 0 Å². The molecule has 0 bridgehead atoms. The van der Waals surface area contributed by atoms with Gasteiger partial charge in [0.2, 0.25) is 0 Å². The number of para-hydroxylation sites is 1. The topological polar surface area (TPSA) is 121 Å². The maximum atomic E-state index is 11.0. The van der Waals surface area contributed by atoms with Crippen molar-refractivity contribution >= 4 is 28.7 Å². The van der Waals surface area contributed by atoms with Gasteiger partial charge in [-0.2, -0.15) is 10.4 Å². The summed E-state index contributed by atoms with van der Waals surface area (Å²) in [5.41, 5.74) is 1.43. The van der Waals surface area contributed by atoms with Crippen molar-refractivity contribution in [3.8, 4) is 6.07 Å². The number of nitriles is 1. The predicted octanol–water partition coefficient (Wildman–Crippen LogP) is 4.29. The Balaban J connectivity index is 2.11. The monoisotopic (exact) mass is 381 g/mol. The fourth-order valence-electron chi connectivity index (χ4n) is 2.40. The number of azo groups is 1. The molecule has 0 aliphatic carbocycles. The van der Waals surface area contributed by atoms with Crippen LogP contribution in [0.4, 0.5) is 22.7 Å². The highest BCUT2D eigenvalue weighted by Crippen LogP contribution is 2.28. The van der Waals surface area contributed by atoms with Crippen LogP contribution >= 0.6 is 0 Å². The van der Waals surface area contributed by atoms with Gasteiger partial charge in [-0.3, -0.25) is 14.9 Å². The van der Waals surface area contributed by atoms with Gasteiger partial charge < -0.3 is 9.64 Å². The van der Waals surface area contributed by atoms with Gasteiger partial charge >= 0.3 is 5.97 Å². The number of carbonyl (C=O) groups excluding carboxylic acids is 1. The third kappa shape index (κ3) is 6.17. The molecular formula is C19H19N5O4. The smallest absolute Gasteiger partial charge is 0.302 e. The van der Waals surface area contributed by atoms with E-state index in [0.717, 1.165) is 5.69 Å². The average Bonchev–Trinajstić information content (AvgIpc) is 2.69. The van der Waals surface area contributed by atoms with E-state index in [4.69, 9.17) is 10.00 Å². The standard InChI is InChI=1S/C19H19N5O4/c1-15(25)28-14-13-23(12-4-11-20)17-9-7-16(8-10-17)21-22-18-5-2-3-6-19(18)24(26)27/h2-3,5-10H,4,12-14H2,1H3/b22-21+. The van der Waals surface area contributed by atoms with Crippen LogP contribution in [-0.2, 0) is 9.53 Å². The van der Waals surface area contributed by atoms with Crippen LogP contribution in [0.25, 0.3) is 0 Å². The van der Waals surface area contributed by atoms with Gasteiger partial charge in [-0.25, -0.2) is 0 Å². The van der Waals surface area contributed by atoms with Crippen LogP contribution in [0.3, 0.4) is 0 Å². The van der Waals surface area contributed by atoms with E-state index in [0.29, 0.717) is 25.2 Å². The van der Waals surface area contributed by atoms with Crippen LogP contribution < -0.4 is 4.90 Å². The molecule has 28 heavy (non-hydrogen) atoms. The maximum Gasteiger partial charge on any atom is 0.302 e. The first kappa shape index (κ1) is 20.5. The van der Waals surface area contributed by atoms with E-state index in [9.17, 15) is 14.9 Å². The van der Waals surface area contributed by atoms with Gasteiger partial charge in [0, 0.05) is 25.2 Å². The molecule has 0 saturated heterocycles. The summed E-state index contributed by atoms with van der Waals surface area (Å²) >= 11 is 0. The summed E-state index contributed by atoms with van der Waals surface area (Å²) < 4.78 is 4.96. The van der Waals surface area contributed by atoms with Gasteiger partial charge in [0.05, 0.1) is 29.6 Å². The van der Waals surface area contributed by atoms with Gasteiger partial charge in [-0.05, 0) is 30.3 Å². The van der Waals surface area contributed by atoms with Crippen LogP contribution in [0.5, 0.6) is 0 Å². The number of benzene rings is 2. The SMILES string of the molecule is CC(=O)OCCN(CCC#N)c1ccc(/N=N/c2ccccc2[N+](=O)[O-])cc1. The molecular weight excluding hydrogens is 362 g/mol. The zero-order chi connectivity index (χ0) is 20.4. The van der Waals surface area contributed by atoms with Gasteiger partial charge in [-0.1, -0.05) is 12.1 Å². The van der Waals surface area contributed by atoms with Gasteiger partial charge in [-0.15, -0.1) is 5.11 Å². The Labute approximate surface area is 162 Å². The van der Waals surface area contributed by atoms with Crippen LogP contribution in [0.1, 0.15) is 13.3 Å². The molecule has 0 saturated carbocycles. The fraction of sp³-hybridized carbons (Fsp3) is 0.263. The Bertz CT molecular complexity index is 890. The Kier molecular flexibility index (Phi) is 7.60. The van der Waals surface area contributed by atoms with E-state index in [1.165, 1.54) is 19.1 Å². The molecule has 9 nitrogen and oxygen atoms in total. The van der Waals surface area contributed by atoms with Crippen molar-refractivity contribution in [1.29, 1.82) is 5.26 Å². The summed E-state index contributed by atoms with van der Waals surface area (Å²) in [4.78, 5) is 23.3. The molecule has 2 aromatic carbocycles. The lowest BCUT2D eigenvalue weighted by Crippen LogP contribution is -2.28. The molecule has 144 valence electrons. The molecule has 0 spiro atoms. The number of esters is 1. The summed E-state index contributed by atoms with van der Waals surface area (Å²) in [6, 6.07) is 15.3. The number of hydrogen-bond acceptors (Lipinski definition) is 8. The van der Waals surface area contributed by atoms with Crippen molar-refractivity contribution in [3.63, 3.8) is 0 Å². The lowest BCUT2D eigenvalue weighted by atomic mass is 10.2. The second-order valence-corrected chi connectivity index (χ2v) is 5.70. The Morgan fingerprint density at radius 1 is 1.18 bits per heavy atom. The summed E-state index contributed by atoms with van der Waals surface area (Å²) in [7, 11) is 0. The first-order valence-electron chi connectivity index (χ1n) is 8.51. The molecule has 0 aliphatic heterocycles. The number of rotatable bonds is 9. The number of nitro groups is 1. The van der Waals surface area contributed by atoms with Crippen molar-refractivity contribution in [1.82, 2.24) is 0 Å². The Morgan fingerprint density at radius 2 is 1.89 bits per heavy atom. The Hall–Kier alpha value is -3.80. The molecule has 0 fully saturated rings. The van der Waals surface area contributed by atoms with Gasteiger partial charge in [0.15, 0.2) is 5.69 Å². The van der Waals surface area contributed by atoms with E-state index in [1.54, 1.807) is 36.4 Å². The largest absolute Gasteiger partial charge is 0.464 e. The number of anilines is 1. The summed E-state index contributed by atoms with van der Waals surface area (Å²) in [6.45, 7) is 2.52. The molecule has 2 aromatic rings. The summed E-state index contributed by atoms with van der Waals surface area (Å²) in [6.07, 6.45) is 0.333. The third-order valence-electron chi connectivity index (χ3n) is 3.73.